The van der Waals surface area contributed by atoms with Crippen LogP contribution in [-0.2, 0) is 29.7 Å². The monoisotopic (exact) mass is 570 g/mol. The molecule has 0 aliphatic carbocycles. The molecule has 0 amide bonds. The van der Waals surface area contributed by atoms with E-state index in [9.17, 15) is 9.90 Å². The second-order valence-corrected chi connectivity index (χ2v) is 18.8. The summed E-state index contributed by atoms with van der Waals surface area (Å²) in [6.45, 7) is 19.0. The maximum Gasteiger partial charge on any atom is 0.349 e. The summed E-state index contributed by atoms with van der Waals surface area (Å²) in [5, 5.41) is 11.2. The van der Waals surface area contributed by atoms with E-state index in [2.05, 4.69) is 41.5 Å². The molecule has 2 aliphatic heterocycles. The fraction of sp³-hybridized carbons (Fsp3) is 0.594. The van der Waals surface area contributed by atoms with Crippen molar-refractivity contribution in [3.63, 3.8) is 0 Å². The molecule has 0 saturated carbocycles. The maximum atomic E-state index is 13.1. The second-order valence-electron chi connectivity index (χ2n) is 14.1. The molecular formula is C32H46O7Si. The Hall–Kier alpha value is -2.23. The van der Waals surface area contributed by atoms with Crippen LogP contribution < -0.4 is 4.74 Å². The van der Waals surface area contributed by atoms with E-state index in [0.29, 0.717) is 19.0 Å². The van der Waals surface area contributed by atoms with Gasteiger partial charge in [0, 0.05) is 10.1 Å². The lowest BCUT2D eigenvalue weighted by Crippen LogP contribution is -2.70. The van der Waals surface area contributed by atoms with Gasteiger partial charge >= 0.3 is 14.5 Å². The van der Waals surface area contributed by atoms with E-state index >= 15 is 0 Å². The van der Waals surface area contributed by atoms with Gasteiger partial charge in [-0.2, -0.15) is 0 Å². The fourth-order valence-corrected chi connectivity index (χ4v) is 10.7. The molecule has 40 heavy (non-hydrogen) atoms. The SMILES string of the molecule is CC(C)(C)C(=O)O[C@@H]1[C@@H](O)[C@@H](c2ccc(OCc3ccccc3)cc2)O[C@@H]2CO[Si](C(C)(C)C)(C(C)(C)C)O[C@H]12. The number of benzene rings is 2. The average molecular weight is 571 g/mol. The Bertz CT molecular complexity index is 1130. The summed E-state index contributed by atoms with van der Waals surface area (Å²) >= 11 is 0. The van der Waals surface area contributed by atoms with Crippen molar-refractivity contribution in [3.05, 3.63) is 65.7 Å². The number of hydrogen-bond donors (Lipinski definition) is 1. The minimum Gasteiger partial charge on any atom is -0.489 e. The first kappa shape index (κ1) is 30.7. The number of aliphatic hydroxyl groups excluding tert-OH is 1. The summed E-state index contributed by atoms with van der Waals surface area (Å²) in [6.07, 6.45) is -3.93. The van der Waals surface area contributed by atoms with E-state index in [1.165, 1.54) is 0 Å². The molecule has 2 fully saturated rings. The third kappa shape index (κ3) is 6.16. The van der Waals surface area contributed by atoms with E-state index in [0.717, 1.165) is 11.1 Å². The Morgan fingerprint density at radius 2 is 1.52 bits per heavy atom. The van der Waals surface area contributed by atoms with Crippen LogP contribution in [0.4, 0.5) is 0 Å². The van der Waals surface area contributed by atoms with E-state index in [4.69, 9.17) is 23.1 Å². The fourth-order valence-electron chi connectivity index (χ4n) is 5.75. The van der Waals surface area contributed by atoms with Gasteiger partial charge in [-0.1, -0.05) is 84.0 Å². The van der Waals surface area contributed by atoms with Crippen LogP contribution in [0, 0.1) is 5.41 Å². The molecular weight excluding hydrogens is 524 g/mol. The van der Waals surface area contributed by atoms with Gasteiger partial charge < -0.3 is 28.2 Å². The Morgan fingerprint density at radius 3 is 2.08 bits per heavy atom. The van der Waals surface area contributed by atoms with Gasteiger partial charge in [0.2, 0.25) is 0 Å². The highest BCUT2D eigenvalue weighted by Crippen LogP contribution is 2.55. The first-order chi connectivity index (χ1) is 18.5. The van der Waals surface area contributed by atoms with E-state index in [1.807, 2.05) is 54.6 Å². The first-order valence-electron chi connectivity index (χ1n) is 14.2. The van der Waals surface area contributed by atoms with Gasteiger partial charge in [-0.05, 0) is 44.0 Å². The summed E-state index contributed by atoms with van der Waals surface area (Å²) < 4.78 is 32.0. The number of fused-ring (bicyclic) bond motifs is 1. The Kier molecular flexibility index (Phi) is 8.61. The molecule has 0 bridgehead atoms. The van der Waals surface area contributed by atoms with Crippen LogP contribution in [-0.4, -0.2) is 50.7 Å². The van der Waals surface area contributed by atoms with Crippen molar-refractivity contribution in [1.29, 1.82) is 0 Å². The number of rotatable bonds is 5. The summed E-state index contributed by atoms with van der Waals surface area (Å²) in [5.41, 5.74) is 1.10. The highest BCUT2D eigenvalue weighted by atomic mass is 28.4. The van der Waals surface area contributed by atoms with Crippen LogP contribution in [0.25, 0.3) is 0 Å². The lowest BCUT2D eigenvalue weighted by molar-refractivity contribution is -0.256. The van der Waals surface area contributed by atoms with Crippen molar-refractivity contribution in [2.75, 3.05) is 6.61 Å². The lowest BCUT2D eigenvalue weighted by atomic mass is 9.90. The number of esters is 1. The van der Waals surface area contributed by atoms with Crippen molar-refractivity contribution in [1.82, 2.24) is 0 Å². The molecule has 7 nitrogen and oxygen atoms in total. The predicted octanol–water partition coefficient (Wildman–Crippen LogP) is 6.48. The molecule has 220 valence electrons. The molecule has 2 aliphatic rings. The smallest absolute Gasteiger partial charge is 0.349 e. The van der Waals surface area contributed by atoms with Crippen LogP contribution in [0.5, 0.6) is 5.75 Å². The minimum absolute atomic E-state index is 0.272. The minimum atomic E-state index is -2.91. The predicted molar refractivity (Wildman–Crippen MR) is 156 cm³/mol. The van der Waals surface area contributed by atoms with E-state index in [1.54, 1.807) is 20.8 Å². The topological polar surface area (TPSA) is 83.5 Å². The van der Waals surface area contributed by atoms with Crippen molar-refractivity contribution in [2.24, 2.45) is 5.41 Å². The third-order valence-corrected chi connectivity index (χ3v) is 12.8. The lowest BCUT2D eigenvalue weighted by Gasteiger charge is -2.57. The third-order valence-electron chi connectivity index (χ3n) is 7.70. The van der Waals surface area contributed by atoms with Crippen molar-refractivity contribution in [2.45, 2.75) is 110 Å². The highest BCUT2D eigenvalue weighted by Gasteiger charge is 2.65. The van der Waals surface area contributed by atoms with E-state index in [-0.39, 0.29) is 10.1 Å². The quantitative estimate of drug-likeness (QED) is 0.325. The molecule has 0 radical (unpaired) electrons. The number of aliphatic hydroxyl groups is 1. The molecule has 0 unspecified atom stereocenters. The molecule has 2 aromatic rings. The van der Waals surface area contributed by atoms with Gasteiger partial charge in [0.15, 0.2) is 6.10 Å². The van der Waals surface area contributed by atoms with Crippen LogP contribution in [0.1, 0.15) is 79.5 Å². The first-order valence-corrected chi connectivity index (χ1v) is 16.0. The normalized spacial score (nSPS) is 27.0. The van der Waals surface area contributed by atoms with Crippen molar-refractivity contribution >= 4 is 14.5 Å². The largest absolute Gasteiger partial charge is 0.489 e. The number of carbonyl (C=O) groups is 1. The zero-order valence-electron chi connectivity index (χ0n) is 25.4. The molecule has 0 aromatic heterocycles. The van der Waals surface area contributed by atoms with Gasteiger partial charge in [-0.15, -0.1) is 0 Å². The van der Waals surface area contributed by atoms with Gasteiger partial charge in [0.25, 0.3) is 0 Å². The number of carbonyl (C=O) groups excluding carboxylic acids is 1. The zero-order valence-corrected chi connectivity index (χ0v) is 26.4. The Labute approximate surface area is 240 Å². The van der Waals surface area contributed by atoms with Crippen LogP contribution in [0.3, 0.4) is 0 Å². The summed E-state index contributed by atoms with van der Waals surface area (Å²) in [5.74, 6) is 0.316. The Balaban J connectivity index is 1.60. The van der Waals surface area contributed by atoms with Crippen LogP contribution in [0.2, 0.25) is 10.1 Å². The van der Waals surface area contributed by atoms with Gasteiger partial charge in [-0.25, -0.2) is 0 Å². The Morgan fingerprint density at radius 1 is 0.925 bits per heavy atom. The van der Waals surface area contributed by atoms with Gasteiger partial charge in [-0.3, -0.25) is 4.79 Å². The van der Waals surface area contributed by atoms with Crippen molar-refractivity contribution < 1.29 is 33.0 Å². The van der Waals surface area contributed by atoms with Gasteiger partial charge in [0.1, 0.15) is 36.8 Å². The van der Waals surface area contributed by atoms with E-state index < -0.39 is 50.5 Å². The van der Waals surface area contributed by atoms with Crippen LogP contribution in [0.15, 0.2) is 54.6 Å². The molecule has 1 N–H and O–H groups in total. The molecule has 0 spiro atoms. The summed E-state index contributed by atoms with van der Waals surface area (Å²) in [7, 11) is -2.91. The molecule has 8 heteroatoms. The van der Waals surface area contributed by atoms with Crippen LogP contribution >= 0.6 is 0 Å². The standard InChI is InChI=1S/C32H46O7Si/c1-30(2,3)29(34)38-28-25(33)26(22-15-17-23(18-16-22)35-19-21-13-11-10-12-14-21)37-24-20-36-40(31(4,5)6,32(7,8)9)39-27(24)28/h10-18,24-28,33H,19-20H2,1-9H3/t24-,25+,26-,27+,28-/m1/s1. The van der Waals surface area contributed by atoms with Crippen molar-refractivity contribution in [3.8, 4) is 5.75 Å². The molecule has 5 atom stereocenters. The number of ether oxygens (including phenoxy) is 3. The zero-order chi connectivity index (χ0) is 29.5. The molecule has 2 heterocycles. The average Bonchev–Trinajstić information content (AvgIpc) is 2.87. The summed E-state index contributed by atoms with van der Waals surface area (Å²) in [6, 6.07) is 17.4. The second kappa shape index (κ2) is 11.2. The maximum absolute atomic E-state index is 13.1. The number of hydrogen-bond acceptors (Lipinski definition) is 7. The molecule has 2 saturated heterocycles. The molecule has 2 aromatic carbocycles. The molecule has 4 rings (SSSR count). The van der Waals surface area contributed by atoms with Gasteiger partial charge in [0.05, 0.1) is 12.0 Å². The highest BCUT2D eigenvalue weighted by molar-refractivity contribution is 6.73. The summed E-state index contributed by atoms with van der Waals surface area (Å²) in [4.78, 5) is 13.1.